The third-order valence-corrected chi connectivity index (χ3v) is 5.60. The molecule has 0 fully saturated rings. The Kier molecular flexibility index (Phi) is 5.48. The van der Waals surface area contributed by atoms with Crippen molar-refractivity contribution in [2.45, 2.75) is 26.8 Å². The van der Waals surface area contributed by atoms with Gasteiger partial charge in [-0.15, -0.1) is 0 Å². The molecule has 1 aromatic heterocycles. The SMILES string of the molecule is Cc1cccc(C(=O)C2CC=C/C2=C(/NCc2ccco2)c2ccccc2)c1C. The number of aryl methyl sites for hydroxylation is 1. The number of benzene rings is 2. The quantitative estimate of drug-likeness (QED) is 0.542. The van der Waals surface area contributed by atoms with Gasteiger partial charge in [0, 0.05) is 11.3 Å². The van der Waals surface area contributed by atoms with E-state index in [1.165, 1.54) is 0 Å². The summed E-state index contributed by atoms with van der Waals surface area (Å²) in [6.45, 7) is 4.65. The van der Waals surface area contributed by atoms with E-state index in [0.717, 1.165) is 45.7 Å². The Labute approximate surface area is 171 Å². The number of carbonyl (C=O) groups excluding carboxylic acids is 1. The van der Waals surface area contributed by atoms with Crippen LogP contribution in [-0.2, 0) is 6.54 Å². The molecule has 0 saturated carbocycles. The number of hydrogen-bond donors (Lipinski definition) is 1. The van der Waals surface area contributed by atoms with E-state index in [2.05, 4.69) is 42.6 Å². The molecule has 0 spiro atoms. The Morgan fingerprint density at radius 2 is 1.86 bits per heavy atom. The van der Waals surface area contributed by atoms with Crippen molar-refractivity contribution in [3.05, 3.63) is 113 Å². The van der Waals surface area contributed by atoms with Crippen molar-refractivity contribution < 1.29 is 9.21 Å². The van der Waals surface area contributed by atoms with Crippen LogP contribution in [0.15, 0.2) is 89.1 Å². The molecule has 0 amide bonds. The molecule has 3 heteroatoms. The summed E-state index contributed by atoms with van der Waals surface area (Å²) in [5.41, 5.74) is 6.11. The number of allylic oxidation sites excluding steroid dienone is 3. The molecule has 4 rings (SSSR count). The summed E-state index contributed by atoms with van der Waals surface area (Å²) in [5, 5.41) is 3.53. The minimum atomic E-state index is -0.185. The van der Waals surface area contributed by atoms with Crippen LogP contribution in [0.1, 0.15) is 39.2 Å². The van der Waals surface area contributed by atoms with Gasteiger partial charge in [0.1, 0.15) is 5.76 Å². The standard InChI is InChI=1S/C26H25NO2/c1-18-9-6-13-22(19(18)2)26(28)24-15-7-14-23(24)25(20-10-4-3-5-11-20)27-17-21-12-8-16-29-21/h3-14,16,24,27H,15,17H2,1-2H3/b25-23-. The molecule has 3 aromatic rings. The second-order valence-electron chi connectivity index (χ2n) is 7.43. The van der Waals surface area contributed by atoms with Crippen molar-refractivity contribution in [3.63, 3.8) is 0 Å². The van der Waals surface area contributed by atoms with Crippen LogP contribution in [0.25, 0.3) is 5.70 Å². The topological polar surface area (TPSA) is 42.2 Å². The highest BCUT2D eigenvalue weighted by Gasteiger charge is 2.29. The Bertz CT molecular complexity index is 1060. The van der Waals surface area contributed by atoms with Gasteiger partial charge in [-0.05, 0) is 54.7 Å². The van der Waals surface area contributed by atoms with Gasteiger partial charge in [-0.2, -0.15) is 0 Å². The van der Waals surface area contributed by atoms with Crippen LogP contribution >= 0.6 is 0 Å². The van der Waals surface area contributed by atoms with Gasteiger partial charge in [-0.25, -0.2) is 0 Å². The molecule has 146 valence electrons. The van der Waals surface area contributed by atoms with Crippen molar-refractivity contribution in [3.8, 4) is 0 Å². The number of carbonyl (C=O) groups is 1. The van der Waals surface area contributed by atoms with Crippen LogP contribution in [0, 0.1) is 19.8 Å². The molecular weight excluding hydrogens is 358 g/mol. The van der Waals surface area contributed by atoms with Crippen molar-refractivity contribution in [2.75, 3.05) is 0 Å². The van der Waals surface area contributed by atoms with Crippen LogP contribution in [0.4, 0.5) is 0 Å². The third-order valence-electron chi connectivity index (χ3n) is 5.60. The molecular formula is C26H25NO2. The maximum absolute atomic E-state index is 13.5. The van der Waals surface area contributed by atoms with E-state index < -0.39 is 0 Å². The summed E-state index contributed by atoms with van der Waals surface area (Å²) < 4.78 is 5.48. The first-order chi connectivity index (χ1) is 14.1. The molecule has 3 nitrogen and oxygen atoms in total. The van der Waals surface area contributed by atoms with Gasteiger partial charge in [-0.3, -0.25) is 4.79 Å². The Balaban J connectivity index is 1.73. The molecule has 0 aliphatic heterocycles. The third kappa shape index (κ3) is 3.95. The predicted octanol–water partition coefficient (Wildman–Crippen LogP) is 5.86. The molecule has 1 atom stereocenters. The van der Waals surface area contributed by atoms with E-state index in [1.54, 1.807) is 6.26 Å². The first-order valence-electron chi connectivity index (χ1n) is 9.98. The highest BCUT2D eigenvalue weighted by Crippen LogP contribution is 2.34. The Morgan fingerprint density at radius 1 is 1.03 bits per heavy atom. The van der Waals surface area contributed by atoms with Gasteiger partial charge in [0.15, 0.2) is 5.78 Å². The lowest BCUT2D eigenvalue weighted by molar-refractivity contribution is 0.0944. The average Bonchev–Trinajstić information content (AvgIpc) is 3.43. The second-order valence-corrected chi connectivity index (χ2v) is 7.43. The fourth-order valence-corrected chi connectivity index (χ4v) is 3.85. The molecule has 2 aromatic carbocycles. The zero-order chi connectivity index (χ0) is 20.2. The molecule has 1 unspecified atom stereocenters. The predicted molar refractivity (Wildman–Crippen MR) is 116 cm³/mol. The molecule has 1 N–H and O–H groups in total. The van der Waals surface area contributed by atoms with Gasteiger partial charge < -0.3 is 9.73 Å². The van der Waals surface area contributed by atoms with E-state index in [4.69, 9.17) is 4.42 Å². The van der Waals surface area contributed by atoms with Crippen molar-refractivity contribution in [1.82, 2.24) is 5.32 Å². The normalized spacial score (nSPS) is 17.4. The number of rotatable bonds is 6. The van der Waals surface area contributed by atoms with Crippen LogP contribution in [-0.4, -0.2) is 5.78 Å². The van der Waals surface area contributed by atoms with Crippen LogP contribution in [0.5, 0.6) is 0 Å². The number of hydrogen-bond acceptors (Lipinski definition) is 3. The maximum Gasteiger partial charge on any atom is 0.170 e. The lowest BCUT2D eigenvalue weighted by Crippen LogP contribution is -2.20. The highest BCUT2D eigenvalue weighted by atomic mass is 16.3. The fraction of sp³-hybridized carbons (Fsp3) is 0.192. The summed E-state index contributed by atoms with van der Waals surface area (Å²) >= 11 is 0. The van der Waals surface area contributed by atoms with E-state index >= 15 is 0 Å². The highest BCUT2D eigenvalue weighted by molar-refractivity contribution is 6.03. The van der Waals surface area contributed by atoms with E-state index in [9.17, 15) is 4.79 Å². The first-order valence-corrected chi connectivity index (χ1v) is 9.98. The monoisotopic (exact) mass is 383 g/mol. The number of furan rings is 1. The van der Waals surface area contributed by atoms with Gasteiger partial charge >= 0.3 is 0 Å². The molecule has 0 radical (unpaired) electrons. The first kappa shape index (κ1) is 19.0. The minimum Gasteiger partial charge on any atom is -0.467 e. The van der Waals surface area contributed by atoms with Crippen LogP contribution in [0.2, 0.25) is 0 Å². The lowest BCUT2D eigenvalue weighted by atomic mass is 9.87. The molecule has 1 aliphatic carbocycles. The molecule has 0 bridgehead atoms. The van der Waals surface area contributed by atoms with E-state index in [1.807, 2.05) is 49.4 Å². The number of nitrogens with one attached hydrogen (secondary N) is 1. The Morgan fingerprint density at radius 3 is 2.62 bits per heavy atom. The van der Waals surface area contributed by atoms with Crippen LogP contribution < -0.4 is 5.32 Å². The molecule has 29 heavy (non-hydrogen) atoms. The number of ketones is 1. The Hall–Kier alpha value is -3.33. The molecule has 1 heterocycles. The molecule has 1 aliphatic rings. The number of Topliss-reactive ketones (excluding diaryl/α,β-unsaturated/α-hetero) is 1. The second kappa shape index (κ2) is 8.36. The maximum atomic E-state index is 13.5. The van der Waals surface area contributed by atoms with Crippen molar-refractivity contribution in [1.29, 1.82) is 0 Å². The van der Waals surface area contributed by atoms with Crippen molar-refractivity contribution >= 4 is 11.5 Å². The van der Waals surface area contributed by atoms with E-state index in [0.29, 0.717) is 6.54 Å². The summed E-state index contributed by atoms with van der Waals surface area (Å²) in [7, 11) is 0. The van der Waals surface area contributed by atoms with Gasteiger partial charge in [0.25, 0.3) is 0 Å². The van der Waals surface area contributed by atoms with Crippen LogP contribution in [0.3, 0.4) is 0 Å². The lowest BCUT2D eigenvalue weighted by Gasteiger charge is -2.19. The zero-order valence-electron chi connectivity index (χ0n) is 16.8. The largest absolute Gasteiger partial charge is 0.467 e. The molecule has 0 saturated heterocycles. The van der Waals surface area contributed by atoms with Gasteiger partial charge in [0.05, 0.1) is 18.7 Å². The fourth-order valence-electron chi connectivity index (χ4n) is 3.85. The van der Waals surface area contributed by atoms with E-state index in [-0.39, 0.29) is 11.7 Å². The zero-order valence-corrected chi connectivity index (χ0v) is 16.8. The summed E-state index contributed by atoms with van der Waals surface area (Å²) in [5.74, 6) is 0.854. The van der Waals surface area contributed by atoms with Gasteiger partial charge in [0.2, 0.25) is 0 Å². The smallest absolute Gasteiger partial charge is 0.170 e. The average molecular weight is 383 g/mol. The summed E-state index contributed by atoms with van der Waals surface area (Å²) in [4.78, 5) is 13.5. The summed E-state index contributed by atoms with van der Waals surface area (Å²) in [6.07, 6.45) is 6.58. The van der Waals surface area contributed by atoms with Crippen molar-refractivity contribution in [2.24, 2.45) is 5.92 Å². The van der Waals surface area contributed by atoms with Gasteiger partial charge in [-0.1, -0.05) is 60.7 Å². The summed E-state index contributed by atoms with van der Waals surface area (Å²) in [6, 6.07) is 20.0. The minimum absolute atomic E-state index is 0.180.